The van der Waals surface area contributed by atoms with Crippen molar-refractivity contribution >= 4 is 5.78 Å². The number of allylic oxidation sites excluding steroid dienone is 5. The monoisotopic (exact) mass is 390 g/mol. The normalized spacial score (nSPS) is 25.0. The minimum Gasteiger partial charge on any atom is -0.498 e. The fourth-order valence-corrected chi connectivity index (χ4v) is 3.80. The highest BCUT2D eigenvalue weighted by molar-refractivity contribution is 5.98. The Bertz CT molecular complexity index is 662. The second-order valence-corrected chi connectivity index (χ2v) is 8.35. The quantitative estimate of drug-likeness (QED) is 0.551. The highest BCUT2D eigenvalue weighted by atomic mass is 16.5. The zero-order chi connectivity index (χ0) is 21.4. The molecule has 2 N–H and O–H groups in total. The summed E-state index contributed by atoms with van der Waals surface area (Å²) >= 11 is 0. The molecule has 0 saturated heterocycles. The Morgan fingerprint density at radius 2 is 1.82 bits per heavy atom. The van der Waals surface area contributed by atoms with Crippen molar-refractivity contribution in [2.24, 2.45) is 11.8 Å². The Morgan fingerprint density at radius 1 is 1.18 bits per heavy atom. The van der Waals surface area contributed by atoms with E-state index < -0.39 is 12.2 Å². The molecule has 0 radical (unpaired) electrons. The first-order valence-corrected chi connectivity index (χ1v) is 10.2. The van der Waals surface area contributed by atoms with Gasteiger partial charge in [-0.25, -0.2) is 0 Å². The second-order valence-electron chi connectivity index (χ2n) is 8.35. The van der Waals surface area contributed by atoms with Crippen LogP contribution in [0.5, 0.6) is 0 Å². The molecule has 1 aliphatic rings. The number of methoxy groups -OCH3 is 1. The van der Waals surface area contributed by atoms with Crippen LogP contribution in [0.25, 0.3) is 0 Å². The molecule has 0 saturated carbocycles. The van der Waals surface area contributed by atoms with E-state index in [9.17, 15) is 15.0 Å². The van der Waals surface area contributed by atoms with Gasteiger partial charge in [-0.2, -0.15) is 0 Å². The van der Waals surface area contributed by atoms with Gasteiger partial charge in [0, 0.05) is 17.4 Å². The van der Waals surface area contributed by atoms with E-state index in [4.69, 9.17) is 4.74 Å². The summed E-state index contributed by atoms with van der Waals surface area (Å²) in [6.45, 7) is 11.7. The maximum Gasteiger partial charge on any atom is 0.165 e. The van der Waals surface area contributed by atoms with Crippen LogP contribution in [-0.4, -0.2) is 35.3 Å². The summed E-state index contributed by atoms with van der Waals surface area (Å²) in [5.41, 5.74) is 4.09. The van der Waals surface area contributed by atoms with Gasteiger partial charge in [-0.1, -0.05) is 41.9 Å². The molecule has 0 aliphatic heterocycles. The van der Waals surface area contributed by atoms with Crippen LogP contribution in [0.2, 0.25) is 0 Å². The maximum absolute atomic E-state index is 12.4. The van der Waals surface area contributed by atoms with Crippen molar-refractivity contribution in [2.75, 3.05) is 7.11 Å². The average Bonchev–Trinajstić information content (AvgIpc) is 2.59. The number of aliphatic hydroxyl groups excluding tert-OH is 2. The Labute approximate surface area is 170 Å². The van der Waals surface area contributed by atoms with E-state index in [2.05, 4.69) is 19.1 Å². The molecule has 4 heteroatoms. The number of ketones is 1. The number of rotatable bonds is 9. The summed E-state index contributed by atoms with van der Waals surface area (Å²) in [5, 5.41) is 20.6. The summed E-state index contributed by atoms with van der Waals surface area (Å²) < 4.78 is 5.27. The predicted octanol–water partition coefficient (Wildman–Crippen LogP) is 4.88. The average molecular weight is 391 g/mol. The highest BCUT2D eigenvalue weighted by Gasteiger charge is 2.39. The van der Waals surface area contributed by atoms with Crippen molar-refractivity contribution in [3.8, 4) is 0 Å². The fourth-order valence-electron chi connectivity index (χ4n) is 3.80. The number of carbonyl (C=O) groups is 1. The molecule has 158 valence electrons. The molecule has 28 heavy (non-hydrogen) atoms. The second kappa shape index (κ2) is 11.4. The van der Waals surface area contributed by atoms with E-state index in [-0.39, 0.29) is 17.6 Å². The number of Topliss-reactive ketones (excluding diaryl/α,β-unsaturated/α-hetero) is 1. The predicted molar refractivity (Wildman–Crippen MR) is 115 cm³/mol. The van der Waals surface area contributed by atoms with Gasteiger partial charge in [0.05, 0.1) is 13.2 Å². The molecule has 1 aliphatic carbocycles. The molecule has 4 atom stereocenters. The zero-order valence-electron chi connectivity index (χ0n) is 18.6. The molecule has 1 unspecified atom stereocenters. The molecule has 0 spiro atoms. The lowest BCUT2D eigenvalue weighted by molar-refractivity contribution is -0.124. The van der Waals surface area contributed by atoms with Crippen molar-refractivity contribution in [1.29, 1.82) is 0 Å². The summed E-state index contributed by atoms with van der Waals surface area (Å²) in [5.74, 6) is 0.105. The fraction of sp³-hybridized carbons (Fsp3) is 0.625. The third-order valence-electron chi connectivity index (χ3n) is 5.52. The molecular weight excluding hydrogens is 352 g/mol. The van der Waals surface area contributed by atoms with Gasteiger partial charge < -0.3 is 14.9 Å². The van der Waals surface area contributed by atoms with Gasteiger partial charge in [0.15, 0.2) is 5.78 Å². The van der Waals surface area contributed by atoms with Crippen LogP contribution in [0.1, 0.15) is 67.2 Å². The van der Waals surface area contributed by atoms with Gasteiger partial charge in [0.25, 0.3) is 0 Å². The van der Waals surface area contributed by atoms with Crippen LogP contribution < -0.4 is 0 Å². The van der Waals surface area contributed by atoms with Crippen molar-refractivity contribution < 1.29 is 19.7 Å². The van der Waals surface area contributed by atoms with Crippen molar-refractivity contribution in [2.45, 2.75) is 79.4 Å². The van der Waals surface area contributed by atoms with E-state index in [0.29, 0.717) is 24.2 Å². The molecule has 0 heterocycles. The molecule has 1 rings (SSSR count). The van der Waals surface area contributed by atoms with Crippen LogP contribution in [0, 0.1) is 11.8 Å². The topological polar surface area (TPSA) is 66.8 Å². The minimum absolute atomic E-state index is 0.0617. The van der Waals surface area contributed by atoms with Crippen molar-refractivity contribution in [3.63, 3.8) is 0 Å². The standard InChI is InChI=1S/C24H38O4/c1-15(2)13-20(25)14-17(4)10-8-9-16(3)11-12-21-18(5)22(26)19(6)24(28-7)23(21)27/h10-11,13,18,20-21,23,25,27H,8-9,12,14H2,1-7H3/b16-11+,17-10+/t18-,20?,21-,23-/m1/s1. The summed E-state index contributed by atoms with van der Waals surface area (Å²) in [6.07, 6.45) is 8.19. The van der Waals surface area contributed by atoms with Gasteiger partial charge >= 0.3 is 0 Å². The van der Waals surface area contributed by atoms with Crippen LogP contribution in [0.4, 0.5) is 0 Å². The van der Waals surface area contributed by atoms with Crippen LogP contribution in [0.15, 0.2) is 46.3 Å². The van der Waals surface area contributed by atoms with Gasteiger partial charge in [-0.3, -0.25) is 4.79 Å². The molecule has 0 fully saturated rings. The highest BCUT2D eigenvalue weighted by Crippen LogP contribution is 2.35. The minimum atomic E-state index is -0.736. The maximum atomic E-state index is 12.4. The van der Waals surface area contributed by atoms with Gasteiger partial charge in [0.2, 0.25) is 0 Å². The lowest BCUT2D eigenvalue weighted by Gasteiger charge is -2.33. The first kappa shape index (κ1) is 24.4. The SMILES string of the molecule is COC1=C(C)C(=O)[C@H](C)[C@@H](C/C=C(\C)CC/C=C(\C)CC(O)C=C(C)C)[C@H]1O. The number of carbonyl (C=O) groups excluding carboxylic acids is 1. The van der Waals surface area contributed by atoms with Crippen LogP contribution >= 0.6 is 0 Å². The number of hydrogen-bond donors (Lipinski definition) is 2. The zero-order valence-corrected chi connectivity index (χ0v) is 18.6. The molecule has 4 nitrogen and oxygen atoms in total. The van der Waals surface area contributed by atoms with Gasteiger partial charge in [0.1, 0.15) is 11.9 Å². The lowest BCUT2D eigenvalue weighted by atomic mass is 9.75. The summed E-state index contributed by atoms with van der Waals surface area (Å²) in [4.78, 5) is 12.4. The van der Waals surface area contributed by atoms with E-state index in [0.717, 1.165) is 18.4 Å². The Balaban J connectivity index is 2.62. The van der Waals surface area contributed by atoms with Crippen LogP contribution in [0.3, 0.4) is 0 Å². The van der Waals surface area contributed by atoms with E-state index in [1.807, 2.05) is 33.8 Å². The Hall–Kier alpha value is -1.65. The number of aliphatic hydroxyl groups is 2. The Morgan fingerprint density at radius 3 is 2.39 bits per heavy atom. The third-order valence-corrected chi connectivity index (χ3v) is 5.52. The smallest absolute Gasteiger partial charge is 0.165 e. The summed E-state index contributed by atoms with van der Waals surface area (Å²) in [6, 6.07) is 0. The summed E-state index contributed by atoms with van der Waals surface area (Å²) in [7, 11) is 1.51. The van der Waals surface area contributed by atoms with Crippen molar-refractivity contribution in [1.82, 2.24) is 0 Å². The number of hydrogen-bond acceptors (Lipinski definition) is 4. The van der Waals surface area contributed by atoms with Gasteiger partial charge in [-0.05, 0) is 60.3 Å². The van der Waals surface area contributed by atoms with E-state index in [1.54, 1.807) is 6.92 Å². The molecule has 0 aromatic carbocycles. The van der Waals surface area contributed by atoms with E-state index >= 15 is 0 Å². The first-order valence-electron chi connectivity index (χ1n) is 10.2. The van der Waals surface area contributed by atoms with Gasteiger partial charge in [-0.15, -0.1) is 0 Å². The Kier molecular flexibility index (Phi) is 9.91. The van der Waals surface area contributed by atoms with Crippen molar-refractivity contribution in [3.05, 3.63) is 46.3 Å². The molecule has 0 aromatic heterocycles. The molecule has 0 bridgehead atoms. The lowest BCUT2D eigenvalue weighted by Crippen LogP contribution is -2.39. The first-order chi connectivity index (χ1) is 13.1. The molecular formula is C24H38O4. The molecule has 0 amide bonds. The third kappa shape index (κ3) is 7.06. The number of ether oxygens (including phenoxy) is 1. The largest absolute Gasteiger partial charge is 0.498 e. The van der Waals surface area contributed by atoms with Crippen LogP contribution in [-0.2, 0) is 9.53 Å². The molecule has 0 aromatic rings. The van der Waals surface area contributed by atoms with E-state index in [1.165, 1.54) is 18.3 Å².